The minimum Gasteiger partial charge on any atom is -0.382 e. The van der Waals surface area contributed by atoms with Gasteiger partial charge in [0.2, 0.25) is 10.0 Å². The van der Waals surface area contributed by atoms with Crippen molar-refractivity contribution in [3.8, 4) is 0 Å². The molecular formula is C15H25N3O2S. The predicted molar refractivity (Wildman–Crippen MR) is 88.2 cm³/mol. The molecule has 1 aromatic rings. The van der Waals surface area contributed by atoms with E-state index < -0.39 is 10.0 Å². The highest BCUT2D eigenvalue weighted by Crippen LogP contribution is 2.25. The van der Waals surface area contributed by atoms with Crippen molar-refractivity contribution >= 4 is 21.4 Å². The Morgan fingerprint density at radius 1 is 1.24 bits per heavy atom. The van der Waals surface area contributed by atoms with Gasteiger partial charge in [-0.25, -0.2) is 8.42 Å². The fourth-order valence-corrected chi connectivity index (χ4v) is 3.40. The number of nitrogens with one attached hydrogen (secondary N) is 2. The summed E-state index contributed by atoms with van der Waals surface area (Å²) in [5.74, 6) is 0.553. The van der Waals surface area contributed by atoms with Gasteiger partial charge in [-0.3, -0.25) is 4.72 Å². The molecule has 5 nitrogen and oxygen atoms in total. The maximum Gasteiger partial charge on any atom is 0.229 e. The van der Waals surface area contributed by atoms with Crippen molar-refractivity contribution < 1.29 is 8.42 Å². The Kier molecular flexibility index (Phi) is 4.78. The fraction of sp³-hybridized carbons (Fsp3) is 0.600. The summed E-state index contributed by atoms with van der Waals surface area (Å²) in [6, 6.07) is 8.40. The molecule has 118 valence electrons. The van der Waals surface area contributed by atoms with Gasteiger partial charge in [0.05, 0.1) is 11.9 Å². The fourth-order valence-electron chi connectivity index (χ4n) is 2.84. The molecule has 2 N–H and O–H groups in total. The Hall–Kier alpha value is -1.27. The number of piperidine rings is 1. The number of sulfonamides is 1. The summed E-state index contributed by atoms with van der Waals surface area (Å²) in [7, 11) is -1.08. The molecule has 6 heteroatoms. The minimum atomic E-state index is -3.24. The van der Waals surface area contributed by atoms with E-state index in [1.54, 1.807) is 6.07 Å². The largest absolute Gasteiger partial charge is 0.382 e. The van der Waals surface area contributed by atoms with Crippen molar-refractivity contribution in [3.05, 3.63) is 24.3 Å². The highest BCUT2D eigenvalue weighted by Gasteiger charge is 2.28. The summed E-state index contributed by atoms with van der Waals surface area (Å²) >= 11 is 0. The summed E-state index contributed by atoms with van der Waals surface area (Å²) in [4.78, 5) is 2.38. The van der Waals surface area contributed by atoms with Crippen LogP contribution in [0.5, 0.6) is 0 Å². The Bertz CT molecular complexity index is 588. The monoisotopic (exact) mass is 311 g/mol. The third-order valence-electron chi connectivity index (χ3n) is 4.13. The zero-order chi connectivity index (χ0) is 15.6. The van der Waals surface area contributed by atoms with Gasteiger partial charge >= 0.3 is 0 Å². The van der Waals surface area contributed by atoms with Gasteiger partial charge in [0.25, 0.3) is 0 Å². The molecule has 1 fully saturated rings. The number of anilines is 2. The van der Waals surface area contributed by atoms with Crippen molar-refractivity contribution in [2.75, 3.05) is 29.9 Å². The Morgan fingerprint density at radius 3 is 2.57 bits per heavy atom. The lowest BCUT2D eigenvalue weighted by Crippen LogP contribution is -2.48. The smallest absolute Gasteiger partial charge is 0.229 e. The molecule has 1 aliphatic rings. The third-order valence-corrected chi connectivity index (χ3v) is 4.73. The second-order valence-electron chi connectivity index (χ2n) is 6.21. The number of rotatable bonds is 4. The maximum absolute atomic E-state index is 11.3. The summed E-state index contributed by atoms with van der Waals surface area (Å²) in [5.41, 5.74) is 1.55. The van der Waals surface area contributed by atoms with Crippen LogP contribution >= 0.6 is 0 Å². The van der Waals surface area contributed by atoms with E-state index in [2.05, 4.69) is 35.8 Å². The van der Waals surface area contributed by atoms with Gasteiger partial charge in [0.15, 0.2) is 0 Å². The summed E-state index contributed by atoms with van der Waals surface area (Å²) < 4.78 is 25.1. The van der Waals surface area contributed by atoms with Gasteiger partial charge in [0.1, 0.15) is 0 Å². The van der Waals surface area contributed by atoms with Gasteiger partial charge in [-0.05, 0) is 44.5 Å². The van der Waals surface area contributed by atoms with Crippen LogP contribution in [0.4, 0.5) is 11.4 Å². The second-order valence-corrected chi connectivity index (χ2v) is 7.96. The molecule has 1 aromatic carbocycles. The lowest BCUT2D eigenvalue weighted by molar-refractivity contribution is 0.145. The lowest BCUT2D eigenvalue weighted by Gasteiger charge is -2.40. The molecule has 0 amide bonds. The molecule has 0 saturated carbocycles. The molecule has 21 heavy (non-hydrogen) atoms. The van der Waals surface area contributed by atoms with Crippen LogP contribution in [-0.4, -0.2) is 45.2 Å². The quantitative estimate of drug-likeness (QED) is 0.895. The third kappa shape index (κ3) is 4.61. The molecule has 3 unspecified atom stereocenters. The SMILES string of the molecule is CC1CN(C)C(C)CC1Nc1cccc(NS(C)(=O)=O)c1. The molecule has 0 bridgehead atoms. The van der Waals surface area contributed by atoms with Crippen molar-refractivity contribution in [1.82, 2.24) is 4.90 Å². The molecule has 0 radical (unpaired) electrons. The Labute approximate surface area is 127 Å². The van der Waals surface area contributed by atoms with Crippen LogP contribution in [0.25, 0.3) is 0 Å². The molecular weight excluding hydrogens is 286 g/mol. The molecule has 0 aromatic heterocycles. The average Bonchev–Trinajstić information content (AvgIpc) is 2.34. The number of hydrogen-bond acceptors (Lipinski definition) is 4. The van der Waals surface area contributed by atoms with Crippen LogP contribution < -0.4 is 10.0 Å². The van der Waals surface area contributed by atoms with Crippen LogP contribution in [-0.2, 0) is 10.0 Å². The van der Waals surface area contributed by atoms with Gasteiger partial charge in [-0.2, -0.15) is 0 Å². The molecule has 3 atom stereocenters. The van der Waals surface area contributed by atoms with Crippen LogP contribution in [0.2, 0.25) is 0 Å². The van der Waals surface area contributed by atoms with E-state index in [4.69, 9.17) is 0 Å². The summed E-state index contributed by atoms with van der Waals surface area (Å²) in [6.45, 7) is 5.56. The van der Waals surface area contributed by atoms with E-state index in [0.717, 1.165) is 24.9 Å². The van der Waals surface area contributed by atoms with Crippen LogP contribution in [0.15, 0.2) is 24.3 Å². The molecule has 1 aliphatic heterocycles. The molecule has 2 rings (SSSR count). The second kappa shape index (κ2) is 6.23. The number of nitrogens with zero attached hydrogens (tertiary/aromatic N) is 1. The molecule has 1 heterocycles. The van der Waals surface area contributed by atoms with E-state index in [0.29, 0.717) is 23.7 Å². The molecule has 0 aliphatic carbocycles. The normalized spacial score (nSPS) is 27.3. The first-order chi connectivity index (χ1) is 9.74. The van der Waals surface area contributed by atoms with Crippen molar-refractivity contribution in [2.24, 2.45) is 5.92 Å². The zero-order valence-corrected chi connectivity index (χ0v) is 13.9. The first kappa shape index (κ1) is 16.1. The minimum absolute atomic E-state index is 0.407. The van der Waals surface area contributed by atoms with Gasteiger partial charge < -0.3 is 10.2 Å². The first-order valence-corrected chi connectivity index (χ1v) is 9.18. The van der Waals surface area contributed by atoms with E-state index in [-0.39, 0.29) is 0 Å². The number of hydrogen-bond donors (Lipinski definition) is 2. The Morgan fingerprint density at radius 2 is 1.90 bits per heavy atom. The van der Waals surface area contributed by atoms with E-state index in [9.17, 15) is 8.42 Å². The zero-order valence-electron chi connectivity index (χ0n) is 13.1. The molecule has 1 saturated heterocycles. The maximum atomic E-state index is 11.3. The van der Waals surface area contributed by atoms with Gasteiger partial charge in [0, 0.05) is 24.3 Å². The first-order valence-electron chi connectivity index (χ1n) is 7.29. The standard InChI is InChI=1S/C15H25N3O2S/c1-11-10-18(3)12(2)8-15(11)16-13-6-5-7-14(9-13)17-21(4,19)20/h5-7,9,11-12,15-17H,8,10H2,1-4H3. The van der Waals surface area contributed by atoms with Crippen LogP contribution in [0, 0.1) is 5.92 Å². The van der Waals surface area contributed by atoms with E-state index in [1.165, 1.54) is 0 Å². The Balaban J connectivity index is 2.07. The topological polar surface area (TPSA) is 61.4 Å². The van der Waals surface area contributed by atoms with Crippen molar-refractivity contribution in [3.63, 3.8) is 0 Å². The summed E-state index contributed by atoms with van der Waals surface area (Å²) in [5, 5.41) is 3.55. The van der Waals surface area contributed by atoms with Crippen molar-refractivity contribution in [2.45, 2.75) is 32.4 Å². The van der Waals surface area contributed by atoms with Gasteiger partial charge in [-0.15, -0.1) is 0 Å². The lowest BCUT2D eigenvalue weighted by atomic mass is 9.89. The van der Waals surface area contributed by atoms with E-state index in [1.807, 2.05) is 18.2 Å². The highest BCUT2D eigenvalue weighted by atomic mass is 32.2. The predicted octanol–water partition coefficient (Wildman–Crippen LogP) is 2.20. The van der Waals surface area contributed by atoms with Crippen LogP contribution in [0.3, 0.4) is 0 Å². The number of likely N-dealkylation sites (tertiary alicyclic amines) is 1. The molecule has 0 spiro atoms. The summed E-state index contributed by atoms with van der Waals surface area (Å²) in [6.07, 6.45) is 2.25. The average molecular weight is 311 g/mol. The highest BCUT2D eigenvalue weighted by molar-refractivity contribution is 7.92. The number of benzene rings is 1. The van der Waals surface area contributed by atoms with Crippen LogP contribution in [0.1, 0.15) is 20.3 Å². The van der Waals surface area contributed by atoms with Crippen molar-refractivity contribution in [1.29, 1.82) is 0 Å². The van der Waals surface area contributed by atoms with E-state index >= 15 is 0 Å². The van der Waals surface area contributed by atoms with Gasteiger partial charge in [-0.1, -0.05) is 13.0 Å².